The zero-order chi connectivity index (χ0) is 26.7. The van der Waals surface area contributed by atoms with Crippen LogP contribution in [-0.4, -0.2) is 22.5 Å². The maximum Gasteiger partial charge on any atom is 0.282 e. The Balaban J connectivity index is 1.75. The van der Waals surface area contributed by atoms with Crippen LogP contribution in [0.15, 0.2) is 67.4 Å². The molecule has 6 nitrogen and oxygen atoms in total. The predicted molar refractivity (Wildman–Crippen MR) is 157 cm³/mol. The predicted octanol–water partition coefficient (Wildman–Crippen LogP) is 7.87. The standard InChI is InChI=1S/C28H26Br2ClN3O3/c1-5-36-23-12-19(24(30)25(31)26(23)37-15-18-8-6-17(4)7-9-18)14-32-34-27(16(2)3)33-22-11-10-20(29)13-21(22)28(34)35/h6-14,16H,5,15H2,1-4H3. The molecule has 0 bridgehead atoms. The van der Waals surface area contributed by atoms with Crippen molar-refractivity contribution in [3.8, 4) is 11.5 Å². The summed E-state index contributed by atoms with van der Waals surface area (Å²) >= 11 is 13.7. The maximum absolute atomic E-state index is 13.3. The van der Waals surface area contributed by atoms with Crippen molar-refractivity contribution in [3.63, 3.8) is 0 Å². The van der Waals surface area contributed by atoms with Gasteiger partial charge in [-0.3, -0.25) is 4.79 Å². The zero-order valence-corrected chi connectivity index (χ0v) is 24.8. The van der Waals surface area contributed by atoms with E-state index in [9.17, 15) is 4.79 Å². The molecule has 0 radical (unpaired) electrons. The minimum atomic E-state index is -0.253. The third-order valence-electron chi connectivity index (χ3n) is 5.62. The number of aryl methyl sites for hydroxylation is 1. The molecule has 37 heavy (non-hydrogen) atoms. The number of halogens is 3. The third-order valence-corrected chi connectivity index (χ3v) is 7.56. The summed E-state index contributed by atoms with van der Waals surface area (Å²) in [4.78, 5) is 18.0. The van der Waals surface area contributed by atoms with Gasteiger partial charge in [-0.1, -0.05) is 71.2 Å². The van der Waals surface area contributed by atoms with Crippen LogP contribution in [0.1, 0.15) is 49.2 Å². The Kier molecular flexibility index (Phi) is 8.72. The zero-order valence-electron chi connectivity index (χ0n) is 20.9. The van der Waals surface area contributed by atoms with Gasteiger partial charge in [0.2, 0.25) is 0 Å². The summed E-state index contributed by atoms with van der Waals surface area (Å²) in [5.74, 6) is 1.45. The topological polar surface area (TPSA) is 65.7 Å². The van der Waals surface area contributed by atoms with Crippen LogP contribution in [0, 0.1) is 6.92 Å². The highest BCUT2D eigenvalue weighted by Gasteiger charge is 2.19. The molecular weight excluding hydrogens is 622 g/mol. The van der Waals surface area contributed by atoms with Crippen molar-refractivity contribution in [1.82, 2.24) is 9.66 Å². The minimum Gasteiger partial charge on any atom is -0.490 e. The third kappa shape index (κ3) is 6.08. The second-order valence-corrected chi connectivity index (χ2v) is 10.9. The van der Waals surface area contributed by atoms with Crippen LogP contribution in [0.3, 0.4) is 0 Å². The van der Waals surface area contributed by atoms with E-state index in [1.54, 1.807) is 18.3 Å². The summed E-state index contributed by atoms with van der Waals surface area (Å²) in [7, 11) is 0. The lowest BCUT2D eigenvalue weighted by Crippen LogP contribution is -2.23. The highest BCUT2D eigenvalue weighted by atomic mass is 79.9. The van der Waals surface area contributed by atoms with E-state index in [0.717, 1.165) is 10.0 Å². The van der Waals surface area contributed by atoms with Gasteiger partial charge in [-0.15, -0.1) is 0 Å². The molecule has 0 N–H and O–H groups in total. The molecular formula is C28H26Br2ClN3O3. The second kappa shape index (κ2) is 11.8. The number of hydrogen-bond donors (Lipinski definition) is 0. The van der Waals surface area contributed by atoms with Crippen LogP contribution in [0.25, 0.3) is 10.9 Å². The number of fused-ring (bicyclic) bond motifs is 1. The lowest BCUT2D eigenvalue weighted by molar-refractivity contribution is 0.269. The molecule has 9 heteroatoms. The first-order valence-corrected chi connectivity index (χ1v) is 13.8. The number of hydrogen-bond acceptors (Lipinski definition) is 5. The van der Waals surface area contributed by atoms with Crippen molar-refractivity contribution in [3.05, 3.63) is 95.4 Å². The molecule has 192 valence electrons. The Labute approximate surface area is 237 Å². The van der Waals surface area contributed by atoms with Crippen LogP contribution >= 0.6 is 43.5 Å². The van der Waals surface area contributed by atoms with Gasteiger partial charge in [-0.05, 0) is 59.6 Å². The highest BCUT2D eigenvalue weighted by Crippen LogP contribution is 2.42. The number of ether oxygens (including phenoxy) is 2. The van der Waals surface area contributed by atoms with Gasteiger partial charge in [0.25, 0.3) is 5.56 Å². The van der Waals surface area contributed by atoms with E-state index in [1.165, 1.54) is 10.2 Å². The summed E-state index contributed by atoms with van der Waals surface area (Å²) in [6, 6.07) is 15.3. The van der Waals surface area contributed by atoms with Gasteiger partial charge < -0.3 is 9.47 Å². The molecule has 3 aromatic carbocycles. The number of aromatic nitrogens is 2. The molecule has 0 amide bonds. The Morgan fingerprint density at radius 1 is 1.11 bits per heavy atom. The largest absolute Gasteiger partial charge is 0.490 e. The van der Waals surface area contributed by atoms with Gasteiger partial charge in [-0.2, -0.15) is 9.78 Å². The van der Waals surface area contributed by atoms with Gasteiger partial charge >= 0.3 is 0 Å². The Morgan fingerprint density at radius 3 is 2.51 bits per heavy atom. The quantitative estimate of drug-likeness (QED) is 0.183. The van der Waals surface area contributed by atoms with Crippen LogP contribution in [0.5, 0.6) is 11.5 Å². The average Bonchev–Trinajstić information content (AvgIpc) is 2.87. The van der Waals surface area contributed by atoms with Crippen LogP contribution in [-0.2, 0) is 6.61 Å². The first-order chi connectivity index (χ1) is 17.7. The summed E-state index contributed by atoms with van der Waals surface area (Å²) in [5, 5.41) is 5.36. The number of rotatable bonds is 8. The molecule has 0 saturated carbocycles. The molecule has 0 aliphatic heterocycles. The van der Waals surface area contributed by atoms with E-state index < -0.39 is 0 Å². The summed E-state index contributed by atoms with van der Waals surface area (Å²) in [6.07, 6.45) is 1.57. The monoisotopic (exact) mass is 645 g/mol. The minimum absolute atomic E-state index is 0.0264. The van der Waals surface area contributed by atoms with Crippen molar-refractivity contribution in [2.45, 2.75) is 40.2 Å². The fraction of sp³-hybridized carbons (Fsp3) is 0.250. The molecule has 0 aliphatic rings. The molecule has 0 atom stereocenters. The van der Waals surface area contributed by atoms with E-state index in [4.69, 9.17) is 26.1 Å². The van der Waals surface area contributed by atoms with E-state index in [2.05, 4.69) is 37.0 Å². The van der Waals surface area contributed by atoms with E-state index in [1.807, 2.05) is 64.1 Å². The van der Waals surface area contributed by atoms with Crippen molar-refractivity contribution in [2.24, 2.45) is 5.10 Å². The van der Waals surface area contributed by atoms with Gasteiger partial charge in [0.05, 0.1) is 23.7 Å². The van der Waals surface area contributed by atoms with Crippen molar-refractivity contribution >= 4 is 60.6 Å². The Morgan fingerprint density at radius 2 is 1.84 bits per heavy atom. The maximum atomic E-state index is 13.3. The fourth-order valence-corrected chi connectivity index (χ4v) is 4.72. The first-order valence-electron chi connectivity index (χ1n) is 11.8. The molecule has 4 aromatic rings. The van der Waals surface area contributed by atoms with E-state index in [0.29, 0.717) is 56.5 Å². The molecule has 4 rings (SSSR count). The molecule has 0 spiro atoms. The van der Waals surface area contributed by atoms with Gasteiger partial charge in [0.1, 0.15) is 17.5 Å². The SMILES string of the molecule is CCOc1cc(C=Nn2c(C(C)C)nc3ccc(Br)cc3c2=O)c(Br)c(Cl)c1OCc1ccc(C)cc1. The first kappa shape index (κ1) is 27.4. The van der Waals surface area contributed by atoms with Gasteiger partial charge in [0, 0.05) is 20.4 Å². The van der Waals surface area contributed by atoms with E-state index >= 15 is 0 Å². The number of nitrogens with zero attached hydrogens (tertiary/aromatic N) is 3. The average molecular weight is 648 g/mol. The molecule has 0 fully saturated rings. The smallest absolute Gasteiger partial charge is 0.282 e. The summed E-state index contributed by atoms with van der Waals surface area (Å²) in [5.41, 5.74) is 3.20. The normalized spacial score (nSPS) is 11.6. The van der Waals surface area contributed by atoms with Crippen molar-refractivity contribution in [2.75, 3.05) is 6.61 Å². The lowest BCUT2D eigenvalue weighted by atomic mass is 10.1. The van der Waals surface area contributed by atoms with E-state index in [-0.39, 0.29) is 11.5 Å². The Hall–Kier alpha value is -2.68. The number of benzene rings is 3. The molecule has 0 unspecified atom stereocenters. The van der Waals surface area contributed by atoms with Crippen LogP contribution in [0.2, 0.25) is 5.02 Å². The lowest BCUT2D eigenvalue weighted by Gasteiger charge is -2.16. The fourth-order valence-electron chi connectivity index (χ4n) is 3.71. The van der Waals surface area contributed by atoms with Crippen molar-refractivity contribution < 1.29 is 9.47 Å². The van der Waals surface area contributed by atoms with Gasteiger partial charge in [-0.25, -0.2) is 4.98 Å². The molecule has 1 aromatic heterocycles. The summed E-state index contributed by atoms with van der Waals surface area (Å²) < 4.78 is 14.6. The molecule has 1 heterocycles. The molecule has 0 saturated heterocycles. The summed E-state index contributed by atoms with van der Waals surface area (Å²) in [6.45, 7) is 8.64. The van der Waals surface area contributed by atoms with Crippen LogP contribution in [0.4, 0.5) is 0 Å². The highest BCUT2D eigenvalue weighted by molar-refractivity contribution is 9.10. The van der Waals surface area contributed by atoms with Crippen molar-refractivity contribution in [1.29, 1.82) is 0 Å². The Bertz CT molecular complexity index is 1530. The second-order valence-electron chi connectivity index (χ2n) is 8.78. The van der Waals surface area contributed by atoms with Crippen LogP contribution < -0.4 is 15.0 Å². The van der Waals surface area contributed by atoms with Gasteiger partial charge in [0.15, 0.2) is 11.5 Å². The molecule has 0 aliphatic carbocycles.